The van der Waals surface area contributed by atoms with Crippen molar-refractivity contribution in [2.24, 2.45) is 5.92 Å². The van der Waals surface area contributed by atoms with E-state index < -0.39 is 0 Å². The summed E-state index contributed by atoms with van der Waals surface area (Å²) in [6, 6.07) is 7.31. The van der Waals surface area contributed by atoms with Gasteiger partial charge in [-0.05, 0) is 43.4 Å². The minimum Gasteiger partial charge on any atom is -0.490 e. The van der Waals surface area contributed by atoms with Crippen LogP contribution in [0, 0.1) is 5.92 Å². The maximum absolute atomic E-state index is 12.1. The standard InChI is InChI=1S/C19H26N2O3S/c1-25-13-10-20-18(22)14-4-6-16(7-5-14)24-17-8-11-21(12-9-17)19(23)15-2-3-15/h4-7,15,17H,2-3,8-13H2,1H3,(H,20,22). The Kier molecular flexibility index (Phi) is 6.24. The Bertz CT molecular complexity index is 593. The molecule has 2 fully saturated rings. The number of amides is 2. The van der Waals surface area contributed by atoms with Crippen LogP contribution in [0.5, 0.6) is 5.75 Å². The third kappa shape index (κ3) is 5.14. The number of ether oxygens (including phenoxy) is 1. The molecular weight excluding hydrogens is 336 g/mol. The lowest BCUT2D eigenvalue weighted by Crippen LogP contribution is -2.42. The van der Waals surface area contributed by atoms with Crippen molar-refractivity contribution in [3.8, 4) is 5.75 Å². The summed E-state index contributed by atoms with van der Waals surface area (Å²) >= 11 is 1.71. The highest BCUT2D eigenvalue weighted by molar-refractivity contribution is 7.98. The van der Waals surface area contributed by atoms with Gasteiger partial charge in [-0.1, -0.05) is 0 Å². The molecule has 1 aliphatic heterocycles. The van der Waals surface area contributed by atoms with Crippen LogP contribution in [0.4, 0.5) is 0 Å². The molecule has 0 radical (unpaired) electrons. The smallest absolute Gasteiger partial charge is 0.251 e. The van der Waals surface area contributed by atoms with E-state index in [1.165, 1.54) is 0 Å². The lowest BCUT2D eigenvalue weighted by molar-refractivity contribution is -0.134. The Morgan fingerprint density at radius 3 is 2.44 bits per heavy atom. The summed E-state index contributed by atoms with van der Waals surface area (Å²) in [5.74, 6) is 2.28. The number of thioether (sulfide) groups is 1. The molecule has 0 aromatic heterocycles. The average molecular weight is 362 g/mol. The topological polar surface area (TPSA) is 58.6 Å². The molecule has 3 rings (SSSR count). The second-order valence-corrected chi connectivity index (χ2v) is 7.68. The number of carbonyl (C=O) groups is 2. The number of nitrogens with one attached hydrogen (secondary N) is 1. The highest BCUT2D eigenvalue weighted by Gasteiger charge is 2.35. The molecule has 1 aromatic carbocycles. The molecule has 1 saturated heterocycles. The Morgan fingerprint density at radius 2 is 1.84 bits per heavy atom. The summed E-state index contributed by atoms with van der Waals surface area (Å²) in [5, 5.41) is 2.89. The summed E-state index contributed by atoms with van der Waals surface area (Å²) in [6.07, 6.45) is 6.03. The molecule has 1 aliphatic carbocycles. The number of benzene rings is 1. The van der Waals surface area contributed by atoms with Gasteiger partial charge in [-0.15, -0.1) is 0 Å². The molecule has 2 amide bonds. The zero-order chi connectivity index (χ0) is 17.6. The van der Waals surface area contributed by atoms with Gasteiger partial charge in [-0.25, -0.2) is 0 Å². The van der Waals surface area contributed by atoms with Gasteiger partial charge in [0.05, 0.1) is 0 Å². The number of piperidine rings is 1. The van der Waals surface area contributed by atoms with Gasteiger partial charge < -0.3 is 15.0 Å². The number of rotatable bonds is 7. The van der Waals surface area contributed by atoms with Crippen molar-refractivity contribution >= 4 is 23.6 Å². The summed E-state index contributed by atoms with van der Waals surface area (Å²) < 4.78 is 6.02. The maximum atomic E-state index is 12.1. The van der Waals surface area contributed by atoms with Gasteiger partial charge in [0, 0.05) is 49.7 Å². The molecular formula is C19H26N2O3S. The fourth-order valence-electron chi connectivity index (χ4n) is 3.03. The van der Waals surface area contributed by atoms with E-state index in [0.717, 1.165) is 50.3 Å². The van der Waals surface area contributed by atoms with Gasteiger partial charge in [-0.3, -0.25) is 9.59 Å². The molecule has 1 saturated carbocycles. The van der Waals surface area contributed by atoms with Crippen molar-refractivity contribution < 1.29 is 14.3 Å². The van der Waals surface area contributed by atoms with Crippen LogP contribution in [0.25, 0.3) is 0 Å². The number of carbonyl (C=O) groups excluding carboxylic acids is 2. The molecule has 2 aliphatic rings. The SMILES string of the molecule is CSCCNC(=O)c1ccc(OC2CCN(C(=O)C3CC3)CC2)cc1. The monoisotopic (exact) mass is 362 g/mol. The fraction of sp³-hybridized carbons (Fsp3) is 0.579. The summed E-state index contributed by atoms with van der Waals surface area (Å²) in [6.45, 7) is 2.25. The van der Waals surface area contributed by atoms with Crippen LogP contribution < -0.4 is 10.1 Å². The van der Waals surface area contributed by atoms with Crippen molar-refractivity contribution in [3.63, 3.8) is 0 Å². The van der Waals surface area contributed by atoms with Crippen molar-refractivity contribution in [3.05, 3.63) is 29.8 Å². The third-order valence-electron chi connectivity index (χ3n) is 4.69. The molecule has 136 valence electrons. The second kappa shape index (κ2) is 8.61. The van der Waals surface area contributed by atoms with Crippen LogP contribution in [0.1, 0.15) is 36.0 Å². The van der Waals surface area contributed by atoms with Gasteiger partial charge >= 0.3 is 0 Å². The number of hydrogen-bond acceptors (Lipinski definition) is 4. The minimum atomic E-state index is -0.0486. The zero-order valence-corrected chi connectivity index (χ0v) is 15.5. The Labute approximate surface area is 153 Å². The van der Waals surface area contributed by atoms with Crippen LogP contribution in [0.2, 0.25) is 0 Å². The van der Waals surface area contributed by atoms with Crippen LogP contribution in [0.3, 0.4) is 0 Å². The molecule has 5 nitrogen and oxygen atoms in total. The van der Waals surface area contributed by atoms with Gasteiger partial charge in [-0.2, -0.15) is 11.8 Å². The number of likely N-dealkylation sites (tertiary alicyclic amines) is 1. The van der Waals surface area contributed by atoms with Crippen molar-refractivity contribution in [2.45, 2.75) is 31.8 Å². The van der Waals surface area contributed by atoms with E-state index in [1.54, 1.807) is 23.9 Å². The predicted octanol–water partition coefficient (Wildman–Crippen LogP) is 2.56. The molecule has 1 heterocycles. The third-order valence-corrected chi connectivity index (χ3v) is 5.30. The van der Waals surface area contributed by atoms with Gasteiger partial charge in [0.15, 0.2) is 0 Å². The first kappa shape index (κ1) is 18.1. The first-order chi connectivity index (χ1) is 12.2. The van der Waals surface area contributed by atoms with Gasteiger partial charge in [0.25, 0.3) is 5.91 Å². The van der Waals surface area contributed by atoms with E-state index in [9.17, 15) is 9.59 Å². The lowest BCUT2D eigenvalue weighted by atomic mass is 10.1. The normalized spacial score (nSPS) is 18.0. The zero-order valence-electron chi connectivity index (χ0n) is 14.7. The largest absolute Gasteiger partial charge is 0.490 e. The Balaban J connectivity index is 1.44. The molecule has 1 aromatic rings. The fourth-order valence-corrected chi connectivity index (χ4v) is 3.33. The Hall–Kier alpha value is -1.69. The van der Waals surface area contributed by atoms with E-state index in [1.807, 2.05) is 23.3 Å². The van der Waals surface area contributed by atoms with Crippen molar-refractivity contribution in [2.75, 3.05) is 31.6 Å². The molecule has 1 N–H and O–H groups in total. The highest BCUT2D eigenvalue weighted by Crippen LogP contribution is 2.32. The first-order valence-electron chi connectivity index (χ1n) is 9.00. The van der Waals surface area contributed by atoms with E-state index in [0.29, 0.717) is 23.9 Å². The van der Waals surface area contributed by atoms with Crippen molar-refractivity contribution in [1.29, 1.82) is 0 Å². The van der Waals surface area contributed by atoms with Crippen molar-refractivity contribution in [1.82, 2.24) is 10.2 Å². The van der Waals surface area contributed by atoms with Crippen LogP contribution in [-0.4, -0.2) is 54.5 Å². The molecule has 0 unspecified atom stereocenters. The van der Waals surface area contributed by atoms with E-state index >= 15 is 0 Å². The first-order valence-corrected chi connectivity index (χ1v) is 10.4. The highest BCUT2D eigenvalue weighted by atomic mass is 32.2. The van der Waals surface area contributed by atoms with Crippen LogP contribution in [0.15, 0.2) is 24.3 Å². The molecule has 0 spiro atoms. The van der Waals surface area contributed by atoms with Crippen LogP contribution >= 0.6 is 11.8 Å². The lowest BCUT2D eigenvalue weighted by Gasteiger charge is -2.32. The predicted molar refractivity (Wildman–Crippen MR) is 100 cm³/mol. The minimum absolute atomic E-state index is 0.0486. The molecule has 6 heteroatoms. The number of nitrogens with zero attached hydrogens (tertiary/aromatic N) is 1. The average Bonchev–Trinajstić information content (AvgIpc) is 3.48. The maximum Gasteiger partial charge on any atom is 0.251 e. The molecule has 0 bridgehead atoms. The summed E-state index contributed by atoms with van der Waals surface area (Å²) in [7, 11) is 0. The summed E-state index contributed by atoms with van der Waals surface area (Å²) in [5.41, 5.74) is 0.651. The molecule has 25 heavy (non-hydrogen) atoms. The van der Waals surface area contributed by atoms with Gasteiger partial charge in [0.1, 0.15) is 11.9 Å². The second-order valence-electron chi connectivity index (χ2n) is 6.69. The quantitative estimate of drug-likeness (QED) is 0.758. The van der Waals surface area contributed by atoms with Crippen LogP contribution in [-0.2, 0) is 4.79 Å². The Morgan fingerprint density at radius 1 is 1.16 bits per heavy atom. The summed E-state index contributed by atoms with van der Waals surface area (Å²) in [4.78, 5) is 26.0. The molecule has 0 atom stereocenters. The number of hydrogen-bond donors (Lipinski definition) is 1. The van der Waals surface area contributed by atoms with Gasteiger partial charge in [0.2, 0.25) is 5.91 Å². The van der Waals surface area contributed by atoms with E-state index in [2.05, 4.69) is 5.32 Å². The van der Waals surface area contributed by atoms with E-state index in [-0.39, 0.29) is 12.0 Å². The van der Waals surface area contributed by atoms with E-state index in [4.69, 9.17) is 4.74 Å².